The van der Waals surface area contributed by atoms with Crippen LogP contribution in [0.15, 0.2) is 29.0 Å². The number of aromatic nitrogens is 2. The fraction of sp³-hybridized carbons (Fsp3) is 0.526. The van der Waals surface area contributed by atoms with Gasteiger partial charge in [0, 0.05) is 61.5 Å². The zero-order valence-electron chi connectivity index (χ0n) is 15.1. The van der Waals surface area contributed by atoms with Crippen molar-refractivity contribution in [3.8, 4) is 0 Å². The van der Waals surface area contributed by atoms with Gasteiger partial charge in [-0.15, -0.1) is 0 Å². The fourth-order valence-corrected chi connectivity index (χ4v) is 4.00. The Bertz CT molecular complexity index is 757. The van der Waals surface area contributed by atoms with Crippen molar-refractivity contribution in [3.63, 3.8) is 0 Å². The highest BCUT2D eigenvalue weighted by Crippen LogP contribution is 2.34. The third-order valence-electron chi connectivity index (χ3n) is 5.54. The van der Waals surface area contributed by atoms with E-state index in [-0.39, 0.29) is 12.0 Å². The van der Waals surface area contributed by atoms with E-state index in [0.717, 1.165) is 31.1 Å². The van der Waals surface area contributed by atoms with Gasteiger partial charge in [0.1, 0.15) is 5.76 Å². The average Bonchev–Trinajstić information content (AvgIpc) is 3.31. The highest BCUT2D eigenvalue weighted by molar-refractivity contribution is 5.93. The lowest BCUT2D eigenvalue weighted by Crippen LogP contribution is -2.34. The van der Waals surface area contributed by atoms with E-state index in [9.17, 15) is 4.79 Å². The number of aryl methyl sites for hydroxylation is 2. The summed E-state index contributed by atoms with van der Waals surface area (Å²) in [6.45, 7) is 8.03. The number of ether oxygens (including phenoxy) is 1. The molecule has 1 amide bonds. The first-order chi connectivity index (χ1) is 12.6. The highest BCUT2D eigenvalue weighted by Gasteiger charge is 2.43. The van der Waals surface area contributed by atoms with Crippen LogP contribution >= 0.6 is 0 Å². The second kappa shape index (κ2) is 7.17. The van der Waals surface area contributed by atoms with E-state index in [2.05, 4.69) is 20.4 Å². The summed E-state index contributed by atoms with van der Waals surface area (Å²) in [4.78, 5) is 18.6. The fourth-order valence-electron chi connectivity index (χ4n) is 4.00. The van der Waals surface area contributed by atoms with Crippen molar-refractivity contribution in [1.29, 1.82) is 0 Å². The molecule has 2 saturated heterocycles. The van der Waals surface area contributed by atoms with Crippen molar-refractivity contribution in [2.45, 2.75) is 26.5 Å². The standard InChI is InChI=1S/C19H24N4O3/c1-12-16(13(2)26-22-12)8-23-9-17-15(11-25-18(17)10-23)7-21-19(24)14-3-5-20-6-4-14/h3-6,15,17-18H,7-11H2,1-2H3,(H,21,24)/t15-,17-,18-/m0/s1. The van der Waals surface area contributed by atoms with Crippen LogP contribution in [0.1, 0.15) is 27.4 Å². The summed E-state index contributed by atoms with van der Waals surface area (Å²) in [6, 6.07) is 3.45. The number of fused-ring (bicyclic) bond motifs is 1. The zero-order chi connectivity index (χ0) is 18.1. The minimum absolute atomic E-state index is 0.0542. The van der Waals surface area contributed by atoms with Crippen LogP contribution in [0.3, 0.4) is 0 Å². The van der Waals surface area contributed by atoms with Crippen molar-refractivity contribution >= 4 is 5.91 Å². The molecule has 0 radical (unpaired) electrons. The van der Waals surface area contributed by atoms with Crippen LogP contribution < -0.4 is 5.32 Å². The van der Waals surface area contributed by atoms with E-state index in [1.54, 1.807) is 24.5 Å². The second-order valence-corrected chi connectivity index (χ2v) is 7.24. The Morgan fingerprint density at radius 1 is 1.31 bits per heavy atom. The van der Waals surface area contributed by atoms with Crippen LogP contribution in [-0.4, -0.2) is 53.3 Å². The molecule has 2 aliphatic rings. The molecular weight excluding hydrogens is 332 g/mol. The van der Waals surface area contributed by atoms with Crippen LogP contribution in [0.25, 0.3) is 0 Å². The van der Waals surface area contributed by atoms with E-state index in [4.69, 9.17) is 9.26 Å². The number of rotatable bonds is 5. The summed E-state index contributed by atoms with van der Waals surface area (Å²) < 4.78 is 11.3. The quantitative estimate of drug-likeness (QED) is 0.876. The van der Waals surface area contributed by atoms with E-state index in [1.807, 2.05) is 13.8 Å². The molecule has 7 nitrogen and oxygen atoms in total. The van der Waals surface area contributed by atoms with Crippen LogP contribution in [-0.2, 0) is 11.3 Å². The summed E-state index contributed by atoms with van der Waals surface area (Å²) in [5, 5.41) is 7.08. The molecule has 0 unspecified atom stereocenters. The number of carbonyl (C=O) groups excluding carboxylic acids is 1. The van der Waals surface area contributed by atoms with Gasteiger partial charge in [0.25, 0.3) is 5.91 Å². The van der Waals surface area contributed by atoms with Gasteiger partial charge in [-0.2, -0.15) is 0 Å². The average molecular weight is 356 g/mol. The van der Waals surface area contributed by atoms with Crippen molar-refractivity contribution in [2.75, 3.05) is 26.2 Å². The Morgan fingerprint density at radius 2 is 2.12 bits per heavy atom. The number of pyridine rings is 1. The van der Waals surface area contributed by atoms with Gasteiger partial charge in [-0.3, -0.25) is 14.7 Å². The minimum atomic E-state index is -0.0542. The third-order valence-corrected chi connectivity index (χ3v) is 5.54. The number of nitrogens with zero attached hydrogens (tertiary/aromatic N) is 3. The maximum absolute atomic E-state index is 12.2. The normalized spacial score (nSPS) is 25.4. The first-order valence-corrected chi connectivity index (χ1v) is 9.05. The van der Waals surface area contributed by atoms with Crippen molar-refractivity contribution in [2.24, 2.45) is 11.8 Å². The lowest BCUT2D eigenvalue weighted by Gasteiger charge is -2.20. The highest BCUT2D eigenvalue weighted by atomic mass is 16.5. The molecule has 2 aromatic heterocycles. The minimum Gasteiger partial charge on any atom is -0.376 e. The molecule has 2 aromatic rings. The zero-order valence-corrected chi connectivity index (χ0v) is 15.1. The Morgan fingerprint density at radius 3 is 2.85 bits per heavy atom. The largest absolute Gasteiger partial charge is 0.376 e. The van der Waals surface area contributed by atoms with E-state index in [0.29, 0.717) is 30.6 Å². The van der Waals surface area contributed by atoms with E-state index in [1.165, 1.54) is 5.56 Å². The predicted molar refractivity (Wildman–Crippen MR) is 94.5 cm³/mol. The van der Waals surface area contributed by atoms with E-state index < -0.39 is 0 Å². The first kappa shape index (κ1) is 17.2. The van der Waals surface area contributed by atoms with Crippen LogP contribution in [0.4, 0.5) is 0 Å². The van der Waals surface area contributed by atoms with Crippen LogP contribution in [0.2, 0.25) is 0 Å². The Labute approximate surface area is 152 Å². The SMILES string of the molecule is Cc1noc(C)c1CN1C[C@H]2[C@@H](CNC(=O)c3ccncc3)CO[C@H]2C1. The number of hydrogen-bond donors (Lipinski definition) is 1. The third kappa shape index (κ3) is 3.37. The predicted octanol–water partition coefficient (Wildman–Crippen LogP) is 1.56. The number of nitrogens with one attached hydrogen (secondary N) is 1. The maximum atomic E-state index is 12.2. The molecule has 1 N–H and O–H groups in total. The Hall–Kier alpha value is -2.25. The molecule has 26 heavy (non-hydrogen) atoms. The van der Waals surface area contributed by atoms with Crippen molar-refractivity contribution in [3.05, 3.63) is 47.1 Å². The van der Waals surface area contributed by atoms with Gasteiger partial charge in [-0.05, 0) is 26.0 Å². The smallest absolute Gasteiger partial charge is 0.251 e. The maximum Gasteiger partial charge on any atom is 0.251 e. The van der Waals surface area contributed by atoms with Crippen molar-refractivity contribution in [1.82, 2.24) is 20.4 Å². The number of hydrogen-bond acceptors (Lipinski definition) is 6. The summed E-state index contributed by atoms with van der Waals surface area (Å²) in [5.41, 5.74) is 2.77. The monoisotopic (exact) mass is 356 g/mol. The summed E-state index contributed by atoms with van der Waals surface area (Å²) >= 11 is 0. The molecule has 2 aliphatic heterocycles. The molecule has 0 saturated carbocycles. The topological polar surface area (TPSA) is 80.5 Å². The van der Waals surface area contributed by atoms with Gasteiger partial charge >= 0.3 is 0 Å². The summed E-state index contributed by atoms with van der Waals surface area (Å²) in [5.74, 6) is 1.64. The van der Waals surface area contributed by atoms with Crippen LogP contribution in [0, 0.1) is 25.7 Å². The van der Waals surface area contributed by atoms with Gasteiger partial charge in [-0.1, -0.05) is 5.16 Å². The Balaban J connectivity index is 1.33. The molecule has 4 heterocycles. The summed E-state index contributed by atoms with van der Waals surface area (Å²) in [7, 11) is 0. The molecule has 7 heteroatoms. The molecule has 3 atom stereocenters. The van der Waals surface area contributed by atoms with Gasteiger partial charge in [-0.25, -0.2) is 0 Å². The second-order valence-electron chi connectivity index (χ2n) is 7.24. The molecule has 2 fully saturated rings. The number of amides is 1. The molecule has 0 spiro atoms. The van der Waals surface area contributed by atoms with Gasteiger partial charge in [0.05, 0.1) is 18.4 Å². The lowest BCUT2D eigenvalue weighted by molar-refractivity contribution is 0.0903. The summed E-state index contributed by atoms with van der Waals surface area (Å²) in [6.07, 6.45) is 3.51. The number of carbonyl (C=O) groups is 1. The molecule has 0 aliphatic carbocycles. The molecular formula is C19H24N4O3. The van der Waals surface area contributed by atoms with Gasteiger partial charge in [0.15, 0.2) is 0 Å². The molecule has 0 aromatic carbocycles. The van der Waals surface area contributed by atoms with Gasteiger partial charge < -0.3 is 14.6 Å². The lowest BCUT2D eigenvalue weighted by atomic mass is 9.93. The van der Waals surface area contributed by atoms with E-state index >= 15 is 0 Å². The molecule has 4 rings (SSSR count). The molecule has 0 bridgehead atoms. The molecule has 138 valence electrons. The Kier molecular flexibility index (Phi) is 4.74. The number of likely N-dealkylation sites (tertiary alicyclic amines) is 1. The van der Waals surface area contributed by atoms with Gasteiger partial charge in [0.2, 0.25) is 0 Å². The first-order valence-electron chi connectivity index (χ1n) is 9.05. The van der Waals surface area contributed by atoms with Crippen molar-refractivity contribution < 1.29 is 14.1 Å². The van der Waals surface area contributed by atoms with Crippen LogP contribution in [0.5, 0.6) is 0 Å².